The molecule has 12 rings (SSSR count). The van der Waals surface area contributed by atoms with E-state index in [0.29, 0.717) is 17.4 Å². The van der Waals surface area contributed by atoms with Crippen molar-refractivity contribution in [3.05, 3.63) is 170 Å². The Bertz CT molecular complexity index is 3290. The monoisotopic (exact) mass is 688 g/mol. The summed E-state index contributed by atoms with van der Waals surface area (Å²) in [5, 5.41) is 14.9. The second-order valence-corrected chi connectivity index (χ2v) is 14.1. The van der Waals surface area contributed by atoms with Gasteiger partial charge < -0.3 is 8.83 Å². The van der Waals surface area contributed by atoms with Crippen molar-refractivity contribution in [2.24, 2.45) is 0 Å². The van der Waals surface area contributed by atoms with Gasteiger partial charge in [0, 0.05) is 11.1 Å². The van der Waals surface area contributed by atoms with E-state index in [1.807, 2.05) is 24.3 Å². The van der Waals surface area contributed by atoms with Crippen molar-refractivity contribution in [1.29, 1.82) is 0 Å². The van der Waals surface area contributed by atoms with Crippen LogP contribution in [0.25, 0.3) is 121 Å². The van der Waals surface area contributed by atoms with Crippen LogP contribution in [-0.2, 0) is 0 Å². The second kappa shape index (κ2) is 11.1. The van der Waals surface area contributed by atoms with Crippen LogP contribution in [0.3, 0.4) is 0 Å². The molecule has 0 atom stereocenters. The molecule has 0 N–H and O–H groups in total. The van der Waals surface area contributed by atoms with Crippen molar-refractivity contribution in [2.45, 2.75) is 0 Å². The fraction of sp³-hybridized carbons (Fsp3) is 0. The first kappa shape index (κ1) is 29.3. The number of nitrogens with zero attached hydrogens (tertiary/aromatic N) is 2. The smallest absolute Gasteiger partial charge is 0.227 e. The number of aromatic nitrogens is 2. The molecule has 10 aromatic carbocycles. The van der Waals surface area contributed by atoms with Gasteiger partial charge in [0.25, 0.3) is 0 Å². The number of oxazole rings is 2. The topological polar surface area (TPSA) is 52.1 Å². The van der Waals surface area contributed by atoms with E-state index in [-0.39, 0.29) is 0 Å². The molecule has 2 heterocycles. The lowest BCUT2D eigenvalue weighted by Crippen LogP contribution is -1.85. The molecule has 0 saturated heterocycles. The molecule has 0 fully saturated rings. The fourth-order valence-electron chi connectivity index (χ4n) is 8.54. The average Bonchev–Trinajstić information content (AvgIpc) is 3.88. The Kier molecular flexibility index (Phi) is 6.02. The van der Waals surface area contributed by atoms with Gasteiger partial charge in [-0.25, -0.2) is 9.97 Å². The van der Waals surface area contributed by atoms with Crippen LogP contribution in [0.1, 0.15) is 0 Å². The van der Waals surface area contributed by atoms with E-state index in [1.165, 1.54) is 64.6 Å². The van der Waals surface area contributed by atoms with Gasteiger partial charge in [0.1, 0.15) is 11.0 Å². The maximum atomic E-state index is 6.34. The summed E-state index contributed by atoms with van der Waals surface area (Å²) < 4.78 is 12.7. The third-order valence-electron chi connectivity index (χ3n) is 11.1. The molecular weight excluding hydrogens is 661 g/mol. The molecule has 0 saturated carbocycles. The summed E-state index contributed by atoms with van der Waals surface area (Å²) in [5.41, 5.74) is 7.03. The van der Waals surface area contributed by atoms with Gasteiger partial charge in [0.2, 0.25) is 11.8 Å². The predicted octanol–water partition coefficient (Wildman–Crippen LogP) is 13.9. The summed E-state index contributed by atoms with van der Waals surface area (Å²) in [6, 6.07) is 60.0. The van der Waals surface area contributed by atoms with Gasteiger partial charge in [-0.3, -0.25) is 0 Å². The third kappa shape index (κ3) is 4.31. The summed E-state index contributed by atoms with van der Waals surface area (Å²) in [6.07, 6.45) is 0. The lowest BCUT2D eigenvalue weighted by molar-refractivity contribution is 0.618. The Morgan fingerprint density at radius 3 is 1.02 bits per heavy atom. The summed E-state index contributed by atoms with van der Waals surface area (Å²) in [4.78, 5) is 9.91. The van der Waals surface area contributed by atoms with Crippen LogP contribution < -0.4 is 0 Å². The summed E-state index contributed by atoms with van der Waals surface area (Å²) >= 11 is 0. The minimum absolute atomic E-state index is 0.550. The number of fused-ring (bicyclic) bond motifs is 14. The SMILES string of the molecule is c1ccc2c(c1)c1ccccc1c1cc(-c3ccc4oc(-c5ccc6oc(-c7ccc8c9ccccc9c9ccccc9c8c7)nc6c5)nc4c3)ccc21. The first-order valence-corrected chi connectivity index (χ1v) is 18.2. The normalized spacial score (nSPS) is 12.1. The third-order valence-corrected chi connectivity index (χ3v) is 11.1. The van der Waals surface area contributed by atoms with E-state index in [9.17, 15) is 0 Å². The second-order valence-electron chi connectivity index (χ2n) is 14.1. The highest BCUT2D eigenvalue weighted by molar-refractivity contribution is 6.27. The minimum atomic E-state index is 0.550. The zero-order valence-corrected chi connectivity index (χ0v) is 28.9. The van der Waals surface area contributed by atoms with Crippen LogP contribution in [0, 0.1) is 0 Å². The van der Waals surface area contributed by atoms with Gasteiger partial charge in [0.05, 0.1) is 0 Å². The zero-order valence-electron chi connectivity index (χ0n) is 28.9. The van der Waals surface area contributed by atoms with Crippen molar-refractivity contribution in [1.82, 2.24) is 9.97 Å². The molecule has 0 aliphatic carbocycles. The Balaban J connectivity index is 0.920. The highest BCUT2D eigenvalue weighted by atomic mass is 16.4. The lowest BCUT2D eigenvalue weighted by atomic mass is 9.92. The molecule has 0 aliphatic heterocycles. The quantitative estimate of drug-likeness (QED) is 0.173. The highest BCUT2D eigenvalue weighted by Crippen LogP contribution is 2.40. The molecule has 2 aromatic heterocycles. The van der Waals surface area contributed by atoms with Crippen LogP contribution in [0.2, 0.25) is 0 Å². The first-order valence-electron chi connectivity index (χ1n) is 18.2. The molecular formula is C50H28N2O2. The number of hydrogen-bond acceptors (Lipinski definition) is 4. The molecule has 0 amide bonds. The molecule has 0 radical (unpaired) electrons. The fourth-order valence-corrected chi connectivity index (χ4v) is 8.54. The van der Waals surface area contributed by atoms with Crippen molar-refractivity contribution in [3.63, 3.8) is 0 Å². The van der Waals surface area contributed by atoms with Gasteiger partial charge in [-0.15, -0.1) is 0 Å². The average molecular weight is 689 g/mol. The molecule has 0 unspecified atom stereocenters. The van der Waals surface area contributed by atoms with Crippen LogP contribution >= 0.6 is 0 Å². The first-order chi connectivity index (χ1) is 26.7. The Morgan fingerprint density at radius 2 is 0.556 bits per heavy atom. The molecule has 0 aliphatic rings. The van der Waals surface area contributed by atoms with E-state index in [0.717, 1.165) is 38.9 Å². The van der Waals surface area contributed by atoms with Crippen molar-refractivity contribution >= 4 is 86.8 Å². The summed E-state index contributed by atoms with van der Waals surface area (Å²) in [5.74, 6) is 1.13. The zero-order chi connectivity index (χ0) is 35.3. The molecule has 4 heteroatoms. The Hall–Kier alpha value is -7.30. The van der Waals surface area contributed by atoms with Crippen molar-refractivity contribution in [2.75, 3.05) is 0 Å². The van der Waals surface area contributed by atoms with Gasteiger partial charge >= 0.3 is 0 Å². The van der Waals surface area contributed by atoms with Crippen molar-refractivity contribution in [3.8, 4) is 34.0 Å². The molecule has 0 spiro atoms. The van der Waals surface area contributed by atoms with Crippen molar-refractivity contribution < 1.29 is 8.83 Å². The number of benzene rings is 10. The Labute approximate surface area is 308 Å². The number of rotatable bonds is 3. The van der Waals surface area contributed by atoms with Crippen LogP contribution in [0.4, 0.5) is 0 Å². The molecule has 250 valence electrons. The van der Waals surface area contributed by atoms with Gasteiger partial charge in [-0.05, 0) is 124 Å². The van der Waals surface area contributed by atoms with Gasteiger partial charge in [-0.2, -0.15) is 0 Å². The lowest BCUT2D eigenvalue weighted by Gasteiger charge is -2.12. The molecule has 12 aromatic rings. The highest BCUT2D eigenvalue weighted by Gasteiger charge is 2.16. The number of hydrogen-bond donors (Lipinski definition) is 0. The van der Waals surface area contributed by atoms with E-state index in [2.05, 4.69) is 146 Å². The minimum Gasteiger partial charge on any atom is -0.436 e. The summed E-state index contributed by atoms with van der Waals surface area (Å²) in [6.45, 7) is 0. The summed E-state index contributed by atoms with van der Waals surface area (Å²) in [7, 11) is 0. The van der Waals surface area contributed by atoms with Gasteiger partial charge in [-0.1, -0.05) is 121 Å². The molecule has 54 heavy (non-hydrogen) atoms. The van der Waals surface area contributed by atoms with Crippen LogP contribution in [0.5, 0.6) is 0 Å². The molecule has 4 nitrogen and oxygen atoms in total. The van der Waals surface area contributed by atoms with E-state index in [1.54, 1.807) is 0 Å². The maximum Gasteiger partial charge on any atom is 0.227 e. The standard InChI is InChI=1S/C50H28N2O2/c1-3-13-37-33(9-1)35-11-5-7-15-39(35)43-25-29(17-21-41(37)43)30-19-23-47-45(27-30)51-50(54-47)32-20-24-48-46(28-32)52-49(53-48)31-18-22-42-38-14-4-2-10-34(38)36-12-6-8-16-40(36)44(42)26-31/h1-28H. The predicted molar refractivity (Wildman–Crippen MR) is 223 cm³/mol. The van der Waals surface area contributed by atoms with Crippen LogP contribution in [-0.4, -0.2) is 9.97 Å². The maximum absolute atomic E-state index is 6.34. The molecule has 0 bridgehead atoms. The largest absolute Gasteiger partial charge is 0.436 e. The van der Waals surface area contributed by atoms with E-state index in [4.69, 9.17) is 18.8 Å². The van der Waals surface area contributed by atoms with E-state index < -0.39 is 0 Å². The Morgan fingerprint density at radius 1 is 0.259 bits per heavy atom. The van der Waals surface area contributed by atoms with Crippen LogP contribution in [0.15, 0.2) is 179 Å². The van der Waals surface area contributed by atoms with E-state index >= 15 is 0 Å². The van der Waals surface area contributed by atoms with Gasteiger partial charge in [0.15, 0.2) is 11.2 Å².